The normalized spacial score (nSPS) is 10.1. The van der Waals surface area contributed by atoms with Crippen molar-refractivity contribution in [1.82, 2.24) is 0 Å². The molecule has 0 aliphatic heterocycles. The van der Waals surface area contributed by atoms with Crippen LogP contribution in [0, 0.1) is 0 Å². The zero-order valence-corrected chi connectivity index (χ0v) is 10.8. The second-order valence-electron chi connectivity index (χ2n) is 3.95. The van der Waals surface area contributed by atoms with E-state index in [2.05, 4.69) is 0 Å². The zero-order valence-electron chi connectivity index (χ0n) is 10.0. The zero-order chi connectivity index (χ0) is 13.7. The van der Waals surface area contributed by atoms with E-state index in [4.69, 9.17) is 22.4 Å². The van der Waals surface area contributed by atoms with Gasteiger partial charge in [-0.1, -0.05) is 11.6 Å². The number of amides is 1. The fraction of sp³-hybridized carbons (Fsp3) is 0.333. The summed E-state index contributed by atoms with van der Waals surface area (Å²) in [5.74, 6) is -1.38. The number of carbonyl (C=O) groups excluding carboxylic acids is 1. The molecule has 0 atom stereocenters. The van der Waals surface area contributed by atoms with Crippen molar-refractivity contribution in [3.63, 3.8) is 0 Å². The first kappa shape index (κ1) is 14.3. The molecule has 0 radical (unpaired) electrons. The van der Waals surface area contributed by atoms with Crippen molar-refractivity contribution in [3.8, 4) is 0 Å². The van der Waals surface area contributed by atoms with E-state index >= 15 is 0 Å². The van der Waals surface area contributed by atoms with Gasteiger partial charge in [0.2, 0.25) is 5.91 Å². The highest BCUT2D eigenvalue weighted by Crippen LogP contribution is 2.23. The van der Waals surface area contributed by atoms with Crippen LogP contribution in [-0.2, 0) is 4.79 Å². The van der Waals surface area contributed by atoms with Gasteiger partial charge in [-0.05, 0) is 24.6 Å². The van der Waals surface area contributed by atoms with E-state index in [1.165, 1.54) is 0 Å². The van der Waals surface area contributed by atoms with E-state index in [1.54, 1.807) is 18.2 Å². The monoisotopic (exact) mass is 270 g/mol. The minimum absolute atomic E-state index is 0.122. The van der Waals surface area contributed by atoms with Crippen LogP contribution in [0.4, 0.5) is 5.69 Å². The van der Waals surface area contributed by atoms with Crippen LogP contribution in [0.2, 0.25) is 5.02 Å². The van der Waals surface area contributed by atoms with Crippen LogP contribution in [0.5, 0.6) is 0 Å². The molecule has 6 heteroatoms. The first-order valence-corrected chi connectivity index (χ1v) is 5.82. The number of benzene rings is 1. The van der Waals surface area contributed by atoms with Crippen molar-refractivity contribution in [1.29, 1.82) is 0 Å². The van der Waals surface area contributed by atoms with Crippen LogP contribution in [0.15, 0.2) is 18.2 Å². The Bertz CT molecular complexity index is 463. The molecule has 0 bridgehead atoms. The Labute approximate surface area is 110 Å². The van der Waals surface area contributed by atoms with Gasteiger partial charge in [0, 0.05) is 25.7 Å². The van der Waals surface area contributed by atoms with Gasteiger partial charge in [-0.15, -0.1) is 0 Å². The summed E-state index contributed by atoms with van der Waals surface area (Å²) in [6.07, 6.45) is 0.665. The number of hydrogen-bond donors (Lipinski definition) is 2. The fourth-order valence-electron chi connectivity index (χ4n) is 1.54. The molecule has 5 nitrogen and oxygen atoms in total. The molecule has 1 amide bonds. The van der Waals surface area contributed by atoms with Crippen LogP contribution < -0.4 is 10.6 Å². The highest BCUT2D eigenvalue weighted by atomic mass is 35.5. The second kappa shape index (κ2) is 6.26. The molecule has 0 aromatic heterocycles. The number of carbonyl (C=O) groups is 2. The molecule has 0 unspecified atom stereocenters. The highest BCUT2D eigenvalue weighted by molar-refractivity contribution is 6.34. The van der Waals surface area contributed by atoms with Crippen molar-refractivity contribution in [3.05, 3.63) is 28.8 Å². The van der Waals surface area contributed by atoms with E-state index < -0.39 is 11.9 Å². The van der Waals surface area contributed by atoms with Crippen molar-refractivity contribution < 1.29 is 14.7 Å². The number of primary amides is 1. The highest BCUT2D eigenvalue weighted by Gasteiger charge is 2.09. The number of aliphatic carboxylic acids is 1. The van der Waals surface area contributed by atoms with E-state index in [0.29, 0.717) is 18.0 Å². The molecule has 98 valence electrons. The largest absolute Gasteiger partial charge is 0.481 e. The van der Waals surface area contributed by atoms with Crippen LogP contribution in [0.3, 0.4) is 0 Å². The minimum Gasteiger partial charge on any atom is -0.481 e. The van der Waals surface area contributed by atoms with E-state index in [9.17, 15) is 9.59 Å². The van der Waals surface area contributed by atoms with Crippen molar-refractivity contribution in [2.75, 3.05) is 18.5 Å². The first-order valence-electron chi connectivity index (χ1n) is 5.44. The second-order valence-corrected chi connectivity index (χ2v) is 4.35. The third-order valence-electron chi connectivity index (χ3n) is 2.54. The molecule has 1 rings (SSSR count). The maximum Gasteiger partial charge on any atom is 0.303 e. The quantitative estimate of drug-likeness (QED) is 0.825. The summed E-state index contributed by atoms with van der Waals surface area (Å²) in [5.41, 5.74) is 6.24. The van der Waals surface area contributed by atoms with Gasteiger partial charge in [-0.3, -0.25) is 9.59 Å². The van der Waals surface area contributed by atoms with Gasteiger partial charge >= 0.3 is 5.97 Å². The Balaban J connectivity index is 2.69. The molecule has 0 aliphatic rings. The van der Waals surface area contributed by atoms with Crippen molar-refractivity contribution in [2.24, 2.45) is 5.73 Å². The molecular formula is C12H15ClN2O3. The number of nitrogens with two attached hydrogens (primary N) is 1. The molecule has 0 heterocycles. The summed E-state index contributed by atoms with van der Waals surface area (Å²) in [5, 5.41) is 8.84. The summed E-state index contributed by atoms with van der Waals surface area (Å²) < 4.78 is 0. The Morgan fingerprint density at radius 2 is 2.11 bits per heavy atom. The Hall–Kier alpha value is -1.75. The molecule has 18 heavy (non-hydrogen) atoms. The lowest BCUT2D eigenvalue weighted by Crippen LogP contribution is -2.20. The van der Waals surface area contributed by atoms with Gasteiger partial charge in [0.25, 0.3) is 0 Å². The molecule has 0 saturated carbocycles. The number of carboxylic acids is 1. The minimum atomic E-state index is -0.814. The van der Waals surface area contributed by atoms with Crippen LogP contribution in [-0.4, -0.2) is 30.6 Å². The van der Waals surface area contributed by atoms with Gasteiger partial charge in [0.05, 0.1) is 10.6 Å². The topological polar surface area (TPSA) is 83.6 Å². The lowest BCUT2D eigenvalue weighted by molar-refractivity contribution is -0.137. The number of nitrogens with zero attached hydrogens (tertiary/aromatic N) is 1. The lowest BCUT2D eigenvalue weighted by Gasteiger charge is -2.19. The van der Waals surface area contributed by atoms with Gasteiger partial charge in [-0.2, -0.15) is 0 Å². The van der Waals surface area contributed by atoms with Gasteiger partial charge in [0.15, 0.2) is 0 Å². The van der Waals surface area contributed by atoms with E-state index in [1.807, 2.05) is 11.9 Å². The number of hydrogen-bond acceptors (Lipinski definition) is 3. The Kier molecular flexibility index (Phi) is 4.97. The van der Waals surface area contributed by atoms with Gasteiger partial charge in [-0.25, -0.2) is 0 Å². The number of carboxylic acid groups (broad SMARTS) is 1. The average molecular weight is 271 g/mol. The molecule has 0 fully saturated rings. The maximum absolute atomic E-state index is 11.0. The van der Waals surface area contributed by atoms with E-state index in [-0.39, 0.29) is 12.0 Å². The fourth-order valence-corrected chi connectivity index (χ4v) is 1.81. The summed E-state index contributed by atoms with van der Waals surface area (Å²) in [4.78, 5) is 23.3. The average Bonchev–Trinajstić information content (AvgIpc) is 2.27. The predicted molar refractivity (Wildman–Crippen MR) is 70.1 cm³/mol. The predicted octanol–water partition coefficient (Wildman–Crippen LogP) is 1.74. The molecule has 3 N–H and O–H groups in total. The number of anilines is 1. The molecule has 1 aromatic rings. The third kappa shape index (κ3) is 3.92. The van der Waals surface area contributed by atoms with Gasteiger partial charge < -0.3 is 15.7 Å². The van der Waals surface area contributed by atoms with Crippen LogP contribution >= 0.6 is 11.6 Å². The first-order chi connectivity index (χ1) is 8.41. The van der Waals surface area contributed by atoms with Crippen LogP contribution in [0.25, 0.3) is 0 Å². The lowest BCUT2D eigenvalue weighted by atomic mass is 10.2. The Morgan fingerprint density at radius 1 is 1.44 bits per heavy atom. The smallest absolute Gasteiger partial charge is 0.303 e. The van der Waals surface area contributed by atoms with Crippen molar-refractivity contribution in [2.45, 2.75) is 12.8 Å². The standard InChI is InChI=1S/C12H15ClN2O3/c1-15(6-2-3-11(16)17)8-4-5-9(12(14)18)10(13)7-8/h4-5,7H,2-3,6H2,1H3,(H2,14,18)(H,16,17). The van der Waals surface area contributed by atoms with Gasteiger partial charge in [0.1, 0.15) is 0 Å². The SMILES string of the molecule is CN(CCCC(=O)O)c1ccc(C(N)=O)c(Cl)c1. The molecule has 0 spiro atoms. The summed E-state index contributed by atoms with van der Waals surface area (Å²) in [6.45, 7) is 0.596. The van der Waals surface area contributed by atoms with Crippen LogP contribution in [0.1, 0.15) is 23.2 Å². The summed E-state index contributed by atoms with van der Waals surface area (Å²) in [7, 11) is 1.83. The number of rotatable bonds is 6. The molecule has 1 aromatic carbocycles. The number of halogens is 1. The Morgan fingerprint density at radius 3 is 2.61 bits per heavy atom. The van der Waals surface area contributed by atoms with E-state index in [0.717, 1.165) is 5.69 Å². The third-order valence-corrected chi connectivity index (χ3v) is 2.86. The molecular weight excluding hydrogens is 256 g/mol. The summed E-state index contributed by atoms with van der Waals surface area (Å²) in [6, 6.07) is 4.93. The summed E-state index contributed by atoms with van der Waals surface area (Å²) >= 11 is 5.93. The molecule has 0 saturated heterocycles. The van der Waals surface area contributed by atoms with Crippen molar-refractivity contribution >= 4 is 29.2 Å². The molecule has 0 aliphatic carbocycles. The maximum atomic E-state index is 11.0.